The second-order valence-electron chi connectivity index (χ2n) is 6.03. The smallest absolute Gasteiger partial charge is 0.255 e. The highest BCUT2D eigenvalue weighted by Gasteiger charge is 2.07. The van der Waals surface area contributed by atoms with Crippen LogP contribution in [0.25, 0.3) is 10.9 Å². The SMILES string of the molecule is COc1cc(CNCCc2c[nH]c3ccccc23)ccc1OCC(N)=O. The topological polar surface area (TPSA) is 89.4 Å². The fourth-order valence-corrected chi connectivity index (χ4v) is 2.88. The third-order valence-electron chi connectivity index (χ3n) is 4.17. The van der Waals surface area contributed by atoms with E-state index in [2.05, 4.69) is 34.7 Å². The lowest BCUT2D eigenvalue weighted by Gasteiger charge is -2.11. The van der Waals surface area contributed by atoms with Crippen LogP contribution in [0, 0.1) is 0 Å². The van der Waals surface area contributed by atoms with Gasteiger partial charge in [0.05, 0.1) is 7.11 Å². The van der Waals surface area contributed by atoms with Gasteiger partial charge in [0.2, 0.25) is 0 Å². The van der Waals surface area contributed by atoms with Crippen LogP contribution in [0.2, 0.25) is 0 Å². The van der Waals surface area contributed by atoms with Crippen LogP contribution in [-0.4, -0.2) is 31.2 Å². The molecule has 4 N–H and O–H groups in total. The highest BCUT2D eigenvalue weighted by Crippen LogP contribution is 2.28. The fourth-order valence-electron chi connectivity index (χ4n) is 2.88. The van der Waals surface area contributed by atoms with E-state index in [1.165, 1.54) is 16.5 Å². The molecule has 0 aliphatic heterocycles. The van der Waals surface area contributed by atoms with E-state index in [0.29, 0.717) is 11.5 Å². The number of aromatic amines is 1. The van der Waals surface area contributed by atoms with Gasteiger partial charge in [0.1, 0.15) is 0 Å². The Morgan fingerprint density at radius 1 is 1.19 bits per heavy atom. The summed E-state index contributed by atoms with van der Waals surface area (Å²) in [6.07, 6.45) is 3.02. The summed E-state index contributed by atoms with van der Waals surface area (Å²) in [5.41, 5.74) is 8.65. The van der Waals surface area contributed by atoms with E-state index in [1.54, 1.807) is 13.2 Å². The third kappa shape index (κ3) is 4.34. The molecular weight excluding hydrogens is 330 g/mol. The maximum atomic E-state index is 10.8. The van der Waals surface area contributed by atoms with E-state index in [-0.39, 0.29) is 6.61 Å². The Labute approximate surface area is 152 Å². The molecule has 0 saturated carbocycles. The number of amides is 1. The average molecular weight is 353 g/mol. The first-order valence-corrected chi connectivity index (χ1v) is 8.51. The molecule has 0 aliphatic carbocycles. The molecule has 1 amide bonds. The summed E-state index contributed by atoms with van der Waals surface area (Å²) in [5, 5.41) is 4.71. The van der Waals surface area contributed by atoms with Crippen molar-refractivity contribution in [1.29, 1.82) is 0 Å². The van der Waals surface area contributed by atoms with Crippen molar-refractivity contribution in [3.63, 3.8) is 0 Å². The van der Waals surface area contributed by atoms with Crippen molar-refractivity contribution >= 4 is 16.8 Å². The summed E-state index contributed by atoms with van der Waals surface area (Å²) in [6.45, 7) is 1.41. The predicted octanol–water partition coefficient (Wildman–Crippen LogP) is 2.37. The summed E-state index contributed by atoms with van der Waals surface area (Å²) in [6, 6.07) is 13.9. The van der Waals surface area contributed by atoms with Crippen LogP contribution in [0.3, 0.4) is 0 Å². The molecule has 6 nitrogen and oxygen atoms in total. The molecule has 0 fully saturated rings. The molecule has 0 unspecified atom stereocenters. The summed E-state index contributed by atoms with van der Waals surface area (Å²) in [5.74, 6) is 0.575. The molecule has 0 aliphatic rings. The van der Waals surface area contributed by atoms with Crippen LogP contribution in [0.15, 0.2) is 48.7 Å². The lowest BCUT2D eigenvalue weighted by atomic mass is 10.1. The van der Waals surface area contributed by atoms with Crippen molar-refractivity contribution in [1.82, 2.24) is 10.3 Å². The molecule has 26 heavy (non-hydrogen) atoms. The first kappa shape index (κ1) is 17.8. The first-order chi connectivity index (χ1) is 12.7. The second-order valence-corrected chi connectivity index (χ2v) is 6.03. The normalized spacial score (nSPS) is 10.8. The number of nitrogens with one attached hydrogen (secondary N) is 2. The zero-order chi connectivity index (χ0) is 18.4. The van der Waals surface area contributed by atoms with Crippen LogP contribution in [0.5, 0.6) is 11.5 Å². The highest BCUT2D eigenvalue weighted by molar-refractivity contribution is 5.83. The van der Waals surface area contributed by atoms with Crippen molar-refractivity contribution in [3.05, 3.63) is 59.8 Å². The van der Waals surface area contributed by atoms with E-state index in [9.17, 15) is 4.79 Å². The van der Waals surface area contributed by atoms with E-state index >= 15 is 0 Å². The molecule has 2 aromatic carbocycles. The van der Waals surface area contributed by atoms with Crippen molar-refractivity contribution in [3.8, 4) is 11.5 Å². The van der Waals surface area contributed by atoms with E-state index in [0.717, 1.165) is 25.1 Å². The monoisotopic (exact) mass is 353 g/mol. The van der Waals surface area contributed by atoms with Gasteiger partial charge in [0, 0.05) is 23.6 Å². The van der Waals surface area contributed by atoms with Gasteiger partial charge in [-0.05, 0) is 42.3 Å². The Kier molecular flexibility index (Phi) is 5.76. The molecule has 3 aromatic rings. The number of fused-ring (bicyclic) bond motifs is 1. The molecule has 0 radical (unpaired) electrons. The average Bonchev–Trinajstić information content (AvgIpc) is 3.07. The minimum absolute atomic E-state index is 0.168. The molecule has 0 saturated heterocycles. The van der Waals surface area contributed by atoms with Gasteiger partial charge in [-0.15, -0.1) is 0 Å². The Hall–Kier alpha value is -2.99. The van der Waals surface area contributed by atoms with E-state index in [4.69, 9.17) is 15.2 Å². The molecule has 136 valence electrons. The standard InChI is InChI=1S/C20H23N3O3/c1-25-19-10-14(6-7-18(19)26-13-20(21)24)11-22-9-8-15-12-23-17-5-3-2-4-16(15)17/h2-7,10,12,22-23H,8-9,11,13H2,1H3,(H2,21,24). The van der Waals surface area contributed by atoms with Gasteiger partial charge in [0.15, 0.2) is 18.1 Å². The minimum atomic E-state index is -0.518. The second kappa shape index (κ2) is 8.40. The number of rotatable bonds is 9. The number of H-pyrrole nitrogens is 1. The van der Waals surface area contributed by atoms with Crippen molar-refractivity contribution in [2.24, 2.45) is 5.73 Å². The third-order valence-corrected chi connectivity index (χ3v) is 4.17. The molecule has 1 heterocycles. The lowest BCUT2D eigenvalue weighted by Crippen LogP contribution is -2.20. The number of methoxy groups -OCH3 is 1. The number of carbonyl (C=O) groups is 1. The lowest BCUT2D eigenvalue weighted by molar-refractivity contribution is -0.119. The van der Waals surface area contributed by atoms with Gasteiger partial charge in [-0.2, -0.15) is 0 Å². The molecule has 6 heteroatoms. The van der Waals surface area contributed by atoms with Gasteiger partial charge < -0.3 is 25.5 Å². The molecular formula is C20H23N3O3. The number of primary amides is 1. The Balaban J connectivity index is 1.53. The number of carbonyl (C=O) groups excluding carboxylic acids is 1. The van der Waals surface area contributed by atoms with Crippen molar-refractivity contribution in [2.75, 3.05) is 20.3 Å². The molecule has 0 atom stereocenters. The number of para-hydroxylation sites is 1. The number of hydrogen-bond donors (Lipinski definition) is 3. The maximum Gasteiger partial charge on any atom is 0.255 e. The van der Waals surface area contributed by atoms with Crippen LogP contribution >= 0.6 is 0 Å². The number of aromatic nitrogens is 1. The Bertz CT molecular complexity index is 889. The van der Waals surface area contributed by atoms with Crippen LogP contribution in [-0.2, 0) is 17.8 Å². The van der Waals surface area contributed by atoms with Gasteiger partial charge in [-0.3, -0.25) is 4.79 Å². The van der Waals surface area contributed by atoms with Crippen LogP contribution in [0.4, 0.5) is 0 Å². The number of ether oxygens (including phenoxy) is 2. The zero-order valence-corrected chi connectivity index (χ0v) is 14.7. The number of nitrogens with two attached hydrogens (primary N) is 1. The molecule has 1 aromatic heterocycles. The van der Waals surface area contributed by atoms with E-state index in [1.807, 2.05) is 18.2 Å². The summed E-state index contributed by atoms with van der Waals surface area (Å²) >= 11 is 0. The largest absolute Gasteiger partial charge is 0.493 e. The van der Waals surface area contributed by atoms with Crippen LogP contribution in [0.1, 0.15) is 11.1 Å². The highest BCUT2D eigenvalue weighted by atomic mass is 16.5. The predicted molar refractivity (Wildman–Crippen MR) is 101 cm³/mol. The Morgan fingerprint density at radius 2 is 2.04 bits per heavy atom. The molecule has 3 rings (SSSR count). The summed E-state index contributed by atoms with van der Waals surface area (Å²) in [4.78, 5) is 14.1. The Morgan fingerprint density at radius 3 is 2.85 bits per heavy atom. The first-order valence-electron chi connectivity index (χ1n) is 8.51. The summed E-state index contributed by atoms with van der Waals surface area (Å²) in [7, 11) is 1.57. The van der Waals surface area contributed by atoms with Gasteiger partial charge in [0.25, 0.3) is 5.91 Å². The van der Waals surface area contributed by atoms with Crippen molar-refractivity contribution < 1.29 is 14.3 Å². The number of hydrogen-bond acceptors (Lipinski definition) is 4. The van der Waals surface area contributed by atoms with E-state index < -0.39 is 5.91 Å². The fraction of sp³-hybridized carbons (Fsp3) is 0.250. The van der Waals surface area contributed by atoms with Gasteiger partial charge in [-0.25, -0.2) is 0 Å². The van der Waals surface area contributed by atoms with Gasteiger partial charge in [-0.1, -0.05) is 24.3 Å². The quantitative estimate of drug-likeness (QED) is 0.515. The maximum absolute atomic E-state index is 10.8. The van der Waals surface area contributed by atoms with Gasteiger partial charge >= 0.3 is 0 Å². The molecule has 0 spiro atoms. The van der Waals surface area contributed by atoms with Crippen molar-refractivity contribution in [2.45, 2.75) is 13.0 Å². The minimum Gasteiger partial charge on any atom is -0.493 e. The summed E-state index contributed by atoms with van der Waals surface area (Å²) < 4.78 is 10.7. The zero-order valence-electron chi connectivity index (χ0n) is 14.7. The number of benzene rings is 2. The molecule has 0 bridgehead atoms. The van der Waals surface area contributed by atoms with Crippen LogP contribution < -0.4 is 20.5 Å².